The van der Waals surface area contributed by atoms with Gasteiger partial charge >= 0.3 is 11.9 Å². The first-order valence-electron chi connectivity index (χ1n) is 18.3. The van der Waals surface area contributed by atoms with Crippen LogP contribution in [0.5, 0.6) is 0 Å². The van der Waals surface area contributed by atoms with Gasteiger partial charge in [0.1, 0.15) is 6.61 Å². The molecule has 6 heteroatoms. The summed E-state index contributed by atoms with van der Waals surface area (Å²) >= 11 is 0. The van der Waals surface area contributed by atoms with Gasteiger partial charge in [0.25, 0.3) is 0 Å². The third-order valence-corrected chi connectivity index (χ3v) is 7.58. The summed E-state index contributed by atoms with van der Waals surface area (Å²) < 4.78 is 10.5. The third kappa shape index (κ3) is 32.9. The lowest BCUT2D eigenvalue weighted by atomic mass is 10.0. The molecule has 1 unspecified atom stereocenters. The molecule has 0 fully saturated rings. The van der Waals surface area contributed by atoms with E-state index in [4.69, 9.17) is 9.47 Å². The van der Waals surface area contributed by atoms with Gasteiger partial charge in [-0.1, -0.05) is 152 Å². The van der Waals surface area contributed by atoms with Gasteiger partial charge in [0.2, 0.25) is 0 Å². The molecule has 0 rings (SSSR count). The molecule has 2 atom stereocenters. The van der Waals surface area contributed by atoms with Gasteiger partial charge in [0.15, 0.2) is 6.10 Å². The fraction of sp³-hybridized carbons (Fsp3) is 0.700. The Morgan fingerprint density at radius 3 is 1.91 bits per heavy atom. The number of unbranched alkanes of at least 4 members (excludes halogenated alkanes) is 11. The highest BCUT2D eigenvalue weighted by molar-refractivity contribution is 5.70. The van der Waals surface area contributed by atoms with Crippen LogP contribution in [0.2, 0.25) is 0 Å². The number of hydrogen-bond donors (Lipinski definition) is 2. The van der Waals surface area contributed by atoms with Crippen molar-refractivity contribution in [1.29, 1.82) is 0 Å². The topological polar surface area (TPSA) is 93.1 Å². The highest BCUT2D eigenvalue weighted by Crippen LogP contribution is 2.14. The summed E-state index contributed by atoms with van der Waals surface area (Å²) in [5, 5.41) is 19.5. The molecule has 0 amide bonds. The summed E-state index contributed by atoms with van der Waals surface area (Å²) in [5.74, 6) is 0.123. The zero-order chi connectivity index (χ0) is 33.9. The van der Waals surface area contributed by atoms with E-state index in [1.165, 1.54) is 57.8 Å². The average Bonchev–Trinajstić information content (AvgIpc) is 3.03. The van der Waals surface area contributed by atoms with Gasteiger partial charge in [0.05, 0.1) is 12.7 Å². The summed E-state index contributed by atoms with van der Waals surface area (Å²) in [6.45, 7) is 6.22. The SMILES string of the molecule is CC/C=C\C/C=C\CC(O)/C=C/C=C\C/C=C\CCCC(=O)O[C@@H](CO)COC(=O)CCCCCCCCCCCCCC(C)C. The van der Waals surface area contributed by atoms with E-state index in [0.717, 1.165) is 50.9 Å². The first-order valence-corrected chi connectivity index (χ1v) is 18.3. The highest BCUT2D eigenvalue weighted by atomic mass is 16.6. The summed E-state index contributed by atoms with van der Waals surface area (Å²) in [6.07, 6.45) is 38.8. The van der Waals surface area contributed by atoms with Crippen molar-refractivity contribution < 1.29 is 29.3 Å². The molecule has 0 saturated heterocycles. The van der Waals surface area contributed by atoms with Gasteiger partial charge in [-0.15, -0.1) is 0 Å². The molecule has 0 aromatic carbocycles. The fourth-order valence-electron chi connectivity index (χ4n) is 4.80. The Kier molecular flexibility index (Phi) is 32.1. The Balaban J connectivity index is 3.77. The predicted molar refractivity (Wildman–Crippen MR) is 192 cm³/mol. The standard InChI is InChI=1S/C40H68O6/c1-4-5-6-7-20-25-30-37(42)31-26-21-16-13-14-18-23-28-33-40(44)46-38(34-41)35-45-39(43)32-27-22-17-12-10-8-9-11-15-19-24-29-36(2)3/h5-6,14,16,18,20-21,25-26,31,36-38,41-42H,4,7-13,15,17,19,22-24,27-30,32-35H2,1-3H3/b6-5-,18-14-,21-16-,25-20-,31-26+/t37?,38-/m0/s1. The van der Waals surface area contributed by atoms with Crippen LogP contribution in [0.15, 0.2) is 60.8 Å². The zero-order valence-corrected chi connectivity index (χ0v) is 29.6. The van der Waals surface area contributed by atoms with Crippen LogP contribution in [0.1, 0.15) is 149 Å². The number of carbonyl (C=O) groups is 2. The maximum Gasteiger partial charge on any atom is 0.306 e. The molecule has 46 heavy (non-hydrogen) atoms. The van der Waals surface area contributed by atoms with Gasteiger partial charge in [0, 0.05) is 12.8 Å². The van der Waals surface area contributed by atoms with Crippen molar-refractivity contribution in [2.24, 2.45) is 5.92 Å². The van der Waals surface area contributed by atoms with Crippen LogP contribution in [-0.4, -0.2) is 47.6 Å². The molecule has 0 saturated carbocycles. The number of rotatable bonds is 31. The maximum absolute atomic E-state index is 12.1. The van der Waals surface area contributed by atoms with Crippen molar-refractivity contribution in [2.75, 3.05) is 13.2 Å². The molecule has 0 aliphatic carbocycles. The molecule has 6 nitrogen and oxygen atoms in total. The van der Waals surface area contributed by atoms with Gasteiger partial charge < -0.3 is 19.7 Å². The molecule has 0 radical (unpaired) electrons. The number of carbonyl (C=O) groups excluding carboxylic acids is 2. The third-order valence-electron chi connectivity index (χ3n) is 7.58. The largest absolute Gasteiger partial charge is 0.462 e. The lowest BCUT2D eigenvalue weighted by Gasteiger charge is -2.15. The van der Waals surface area contributed by atoms with E-state index < -0.39 is 18.2 Å². The van der Waals surface area contributed by atoms with Crippen molar-refractivity contribution in [3.8, 4) is 0 Å². The van der Waals surface area contributed by atoms with E-state index in [-0.39, 0.29) is 25.6 Å². The van der Waals surface area contributed by atoms with Crippen molar-refractivity contribution in [2.45, 2.75) is 161 Å². The van der Waals surface area contributed by atoms with Crippen LogP contribution in [0.4, 0.5) is 0 Å². The van der Waals surface area contributed by atoms with Gasteiger partial charge in [-0.2, -0.15) is 0 Å². The van der Waals surface area contributed by atoms with Gasteiger partial charge in [-0.05, 0) is 50.9 Å². The van der Waals surface area contributed by atoms with E-state index in [2.05, 4.69) is 39.0 Å². The van der Waals surface area contributed by atoms with Crippen LogP contribution < -0.4 is 0 Å². The molecule has 0 bridgehead atoms. The second-order valence-electron chi connectivity index (χ2n) is 12.6. The average molecular weight is 645 g/mol. The van der Waals surface area contributed by atoms with E-state index in [1.807, 2.05) is 36.5 Å². The minimum atomic E-state index is -0.821. The summed E-state index contributed by atoms with van der Waals surface area (Å²) in [4.78, 5) is 24.2. The predicted octanol–water partition coefficient (Wildman–Crippen LogP) is 10.1. The van der Waals surface area contributed by atoms with Crippen molar-refractivity contribution in [3.63, 3.8) is 0 Å². The van der Waals surface area contributed by atoms with Crippen molar-refractivity contribution >= 4 is 11.9 Å². The molecule has 0 heterocycles. The number of aliphatic hydroxyl groups is 2. The van der Waals surface area contributed by atoms with Crippen LogP contribution in [-0.2, 0) is 19.1 Å². The molecule has 0 aliphatic rings. The highest BCUT2D eigenvalue weighted by Gasteiger charge is 2.16. The van der Waals surface area contributed by atoms with E-state index in [0.29, 0.717) is 19.3 Å². The number of aliphatic hydroxyl groups excluding tert-OH is 2. The normalized spacial score (nSPS) is 13.7. The molecule has 2 N–H and O–H groups in total. The Hall–Kier alpha value is -2.44. The maximum atomic E-state index is 12.1. The van der Waals surface area contributed by atoms with Crippen molar-refractivity contribution in [1.82, 2.24) is 0 Å². The van der Waals surface area contributed by atoms with Crippen molar-refractivity contribution in [3.05, 3.63) is 60.8 Å². The Morgan fingerprint density at radius 1 is 0.674 bits per heavy atom. The van der Waals surface area contributed by atoms with Crippen LogP contribution in [0.25, 0.3) is 0 Å². The Morgan fingerprint density at radius 2 is 1.26 bits per heavy atom. The quantitative estimate of drug-likeness (QED) is 0.0338. The first-order chi connectivity index (χ1) is 22.4. The molecule has 0 aliphatic heterocycles. The smallest absolute Gasteiger partial charge is 0.306 e. The Labute approximate surface area is 282 Å². The lowest BCUT2D eigenvalue weighted by Crippen LogP contribution is -2.28. The second kappa shape index (κ2) is 33.9. The number of ether oxygens (including phenoxy) is 2. The van der Waals surface area contributed by atoms with Crippen LogP contribution in [0.3, 0.4) is 0 Å². The second-order valence-corrected chi connectivity index (χ2v) is 12.6. The van der Waals surface area contributed by atoms with Crippen LogP contribution >= 0.6 is 0 Å². The molecular formula is C40H68O6. The molecular weight excluding hydrogens is 576 g/mol. The number of allylic oxidation sites excluding steroid dienone is 8. The fourth-order valence-corrected chi connectivity index (χ4v) is 4.80. The van der Waals surface area contributed by atoms with Gasteiger partial charge in [-0.25, -0.2) is 0 Å². The van der Waals surface area contributed by atoms with Gasteiger partial charge in [-0.3, -0.25) is 9.59 Å². The molecule has 0 aromatic heterocycles. The first kappa shape index (κ1) is 43.6. The van der Waals surface area contributed by atoms with Crippen LogP contribution in [0, 0.1) is 5.92 Å². The summed E-state index contributed by atoms with van der Waals surface area (Å²) in [7, 11) is 0. The molecule has 0 spiro atoms. The molecule has 264 valence electrons. The minimum Gasteiger partial charge on any atom is -0.462 e. The van der Waals surface area contributed by atoms with E-state index >= 15 is 0 Å². The summed E-state index contributed by atoms with van der Waals surface area (Å²) in [6, 6.07) is 0. The summed E-state index contributed by atoms with van der Waals surface area (Å²) in [5.41, 5.74) is 0. The Bertz CT molecular complexity index is 854. The minimum absolute atomic E-state index is 0.108. The monoisotopic (exact) mass is 645 g/mol. The lowest BCUT2D eigenvalue weighted by molar-refractivity contribution is -0.161. The number of hydrogen-bond acceptors (Lipinski definition) is 6. The molecule has 0 aromatic rings. The van der Waals surface area contributed by atoms with E-state index in [1.54, 1.807) is 6.08 Å². The number of esters is 2. The van der Waals surface area contributed by atoms with E-state index in [9.17, 15) is 19.8 Å². The zero-order valence-electron chi connectivity index (χ0n) is 29.6.